The quantitative estimate of drug-likeness (QED) is 0.795. The monoisotopic (exact) mass is 405 g/mol. The molecule has 29 heavy (non-hydrogen) atoms. The molecule has 0 saturated carbocycles. The summed E-state index contributed by atoms with van der Waals surface area (Å²) in [7, 11) is 2.10. The fourth-order valence-electron chi connectivity index (χ4n) is 3.48. The average Bonchev–Trinajstić information content (AvgIpc) is 3.06. The van der Waals surface area contributed by atoms with Gasteiger partial charge in [-0.05, 0) is 37.9 Å². The summed E-state index contributed by atoms with van der Waals surface area (Å²) in [5.74, 6) is -1.52. The van der Waals surface area contributed by atoms with Gasteiger partial charge in [-0.3, -0.25) is 14.5 Å². The lowest BCUT2D eigenvalue weighted by atomic mass is 10.2. The van der Waals surface area contributed by atoms with Crippen molar-refractivity contribution in [2.24, 2.45) is 0 Å². The van der Waals surface area contributed by atoms with Crippen LogP contribution in [0.2, 0.25) is 0 Å². The summed E-state index contributed by atoms with van der Waals surface area (Å²) < 4.78 is 1.76. The van der Waals surface area contributed by atoms with Gasteiger partial charge in [-0.2, -0.15) is 0 Å². The summed E-state index contributed by atoms with van der Waals surface area (Å²) >= 11 is 0. The van der Waals surface area contributed by atoms with E-state index in [1.54, 1.807) is 4.57 Å². The molecule has 7 heteroatoms. The van der Waals surface area contributed by atoms with E-state index in [1.165, 1.54) is 0 Å². The number of carbonyl (C=O) groups is 2. The molecule has 1 atom stereocenters. The molecular formula is C22H35N3O4. The van der Waals surface area contributed by atoms with Crippen molar-refractivity contribution in [1.29, 1.82) is 0 Å². The van der Waals surface area contributed by atoms with Crippen molar-refractivity contribution in [3.63, 3.8) is 0 Å². The summed E-state index contributed by atoms with van der Waals surface area (Å²) in [5.41, 5.74) is 2.11. The highest BCUT2D eigenvalue weighted by atomic mass is 16.4. The second-order valence-electron chi connectivity index (χ2n) is 7.14. The van der Waals surface area contributed by atoms with Crippen LogP contribution >= 0.6 is 0 Å². The van der Waals surface area contributed by atoms with Crippen LogP contribution in [0.25, 0.3) is 10.9 Å². The van der Waals surface area contributed by atoms with E-state index >= 15 is 0 Å². The molecule has 0 bridgehead atoms. The third-order valence-electron chi connectivity index (χ3n) is 4.88. The first-order valence-corrected chi connectivity index (χ1v) is 10.2. The fraction of sp³-hybridized carbons (Fsp3) is 0.545. The first-order valence-electron chi connectivity index (χ1n) is 10.2. The number of carboxylic acids is 2. The van der Waals surface area contributed by atoms with Crippen LogP contribution in [0.15, 0.2) is 30.5 Å². The number of carboxylic acid groups (broad SMARTS) is 2. The minimum Gasteiger partial charge on any atom is -0.481 e. The van der Waals surface area contributed by atoms with Crippen molar-refractivity contribution in [2.75, 3.05) is 33.2 Å². The molecule has 2 heterocycles. The maximum atomic E-state index is 10.6. The highest BCUT2D eigenvalue weighted by Gasteiger charge is 2.21. The molecule has 1 aliphatic heterocycles. The highest BCUT2D eigenvalue weighted by Crippen LogP contribution is 2.19. The number of fused-ring (bicyclic) bond motifs is 1. The summed E-state index contributed by atoms with van der Waals surface area (Å²) in [6, 6.07) is 8.37. The molecule has 1 fully saturated rings. The van der Waals surface area contributed by atoms with Crippen LogP contribution in [0, 0.1) is 6.92 Å². The van der Waals surface area contributed by atoms with Crippen LogP contribution in [0.3, 0.4) is 0 Å². The Kier molecular flexibility index (Phi) is 10.4. The Labute approximate surface area is 173 Å². The van der Waals surface area contributed by atoms with Crippen molar-refractivity contribution < 1.29 is 19.8 Å². The molecule has 0 spiro atoms. The van der Waals surface area contributed by atoms with Gasteiger partial charge in [0.25, 0.3) is 0 Å². The molecule has 3 rings (SSSR count). The van der Waals surface area contributed by atoms with Crippen LogP contribution in [-0.2, 0) is 16.1 Å². The van der Waals surface area contributed by atoms with Gasteiger partial charge in [-0.25, -0.2) is 0 Å². The normalized spacial score (nSPS) is 17.1. The minimum atomic E-state index is -0.814. The zero-order valence-corrected chi connectivity index (χ0v) is 18.3. The van der Waals surface area contributed by atoms with Gasteiger partial charge in [0.15, 0.2) is 0 Å². The van der Waals surface area contributed by atoms with E-state index in [0.717, 1.165) is 36.1 Å². The van der Waals surface area contributed by atoms with E-state index in [1.807, 2.05) is 51.2 Å². The van der Waals surface area contributed by atoms with E-state index in [4.69, 9.17) is 10.2 Å². The predicted molar refractivity (Wildman–Crippen MR) is 116 cm³/mol. The highest BCUT2D eigenvalue weighted by molar-refractivity contribution is 5.84. The first-order chi connectivity index (χ1) is 13.8. The number of hydrogen-bond donors (Lipinski definition) is 2. The summed E-state index contributed by atoms with van der Waals surface area (Å²) in [6.07, 6.45) is 2.07. The average molecular weight is 406 g/mol. The molecular weight excluding hydrogens is 370 g/mol. The molecule has 2 aromatic rings. The number of likely N-dealkylation sites (N-methyl/N-ethyl adjacent to an activating group) is 1. The van der Waals surface area contributed by atoms with E-state index < -0.39 is 11.9 Å². The van der Waals surface area contributed by atoms with Gasteiger partial charge in [-0.1, -0.05) is 32.0 Å². The lowest BCUT2D eigenvalue weighted by molar-refractivity contribution is -0.138. The van der Waals surface area contributed by atoms with Crippen molar-refractivity contribution in [2.45, 2.75) is 46.7 Å². The topological polar surface area (TPSA) is 86.0 Å². The maximum absolute atomic E-state index is 10.6. The Hall–Kier alpha value is -2.38. The number of benzene rings is 1. The molecule has 1 saturated heterocycles. The molecule has 1 aromatic carbocycles. The van der Waals surface area contributed by atoms with Gasteiger partial charge in [-0.15, -0.1) is 0 Å². The molecule has 0 amide bonds. The number of aryl methyl sites for hydroxylation is 1. The number of piperazine rings is 1. The van der Waals surface area contributed by atoms with E-state index in [2.05, 4.69) is 23.8 Å². The second-order valence-corrected chi connectivity index (χ2v) is 7.14. The van der Waals surface area contributed by atoms with Gasteiger partial charge >= 0.3 is 11.9 Å². The Morgan fingerprint density at radius 2 is 1.79 bits per heavy atom. The number of hydrogen-bond acceptors (Lipinski definition) is 4. The van der Waals surface area contributed by atoms with Crippen molar-refractivity contribution in [3.8, 4) is 0 Å². The molecule has 1 aliphatic rings. The maximum Gasteiger partial charge on any atom is 0.323 e. The Bertz CT molecular complexity index is 787. The molecule has 162 valence electrons. The van der Waals surface area contributed by atoms with Crippen LogP contribution in [0.4, 0.5) is 0 Å². The molecule has 0 aliphatic carbocycles. The molecule has 7 nitrogen and oxygen atoms in total. The van der Waals surface area contributed by atoms with Crippen molar-refractivity contribution in [1.82, 2.24) is 14.4 Å². The van der Waals surface area contributed by atoms with Crippen molar-refractivity contribution >= 4 is 22.8 Å². The summed E-state index contributed by atoms with van der Waals surface area (Å²) in [4.78, 5) is 25.5. The second kappa shape index (κ2) is 12.2. The van der Waals surface area contributed by atoms with Crippen LogP contribution < -0.4 is 0 Å². The first kappa shape index (κ1) is 24.7. The number of nitrogens with zero attached hydrogens (tertiary/aromatic N) is 3. The number of para-hydroxylation sites is 1. The van der Waals surface area contributed by atoms with Gasteiger partial charge in [0.2, 0.25) is 0 Å². The largest absolute Gasteiger partial charge is 0.481 e. The molecule has 1 aromatic heterocycles. The minimum absolute atomic E-state index is 0.0222. The third-order valence-corrected chi connectivity index (χ3v) is 4.88. The van der Waals surface area contributed by atoms with Gasteiger partial charge in [0, 0.05) is 38.4 Å². The van der Waals surface area contributed by atoms with Gasteiger partial charge in [0.05, 0.1) is 11.9 Å². The Balaban J connectivity index is 0.000000268. The van der Waals surface area contributed by atoms with Crippen LogP contribution in [0.5, 0.6) is 0 Å². The number of aromatic nitrogens is 1. The number of rotatable bonds is 5. The van der Waals surface area contributed by atoms with Gasteiger partial charge < -0.3 is 19.7 Å². The predicted octanol–water partition coefficient (Wildman–Crippen LogP) is 3.16. The van der Waals surface area contributed by atoms with Gasteiger partial charge in [0.1, 0.15) is 6.54 Å². The van der Waals surface area contributed by atoms with E-state index in [9.17, 15) is 9.59 Å². The zero-order chi connectivity index (χ0) is 22.0. The molecule has 0 radical (unpaired) electrons. The lowest BCUT2D eigenvalue weighted by Gasteiger charge is -2.37. The van der Waals surface area contributed by atoms with Crippen LogP contribution in [-0.4, -0.2) is 75.8 Å². The Morgan fingerprint density at radius 1 is 1.10 bits per heavy atom. The summed E-state index contributed by atoms with van der Waals surface area (Å²) in [6.45, 7) is 11.9. The standard InChI is InChI=1S/C11H11NO2.C9H18N2O2.C2H6/c1-8-3-2-4-9-5-6-12(11(8)9)7-10(13)14;1-8-7-10(2)5-6-11(8)4-3-9(12)13;1-2/h2-6H,7H2,1H3,(H,13,14);8H,3-7H2,1-2H3,(H,12,13);1-2H3. The fourth-order valence-corrected chi connectivity index (χ4v) is 3.48. The van der Waals surface area contributed by atoms with Crippen LogP contribution in [0.1, 0.15) is 32.8 Å². The zero-order valence-electron chi connectivity index (χ0n) is 18.3. The molecule has 2 N–H and O–H groups in total. The number of aliphatic carboxylic acids is 2. The van der Waals surface area contributed by atoms with E-state index in [-0.39, 0.29) is 13.0 Å². The van der Waals surface area contributed by atoms with Crippen molar-refractivity contribution in [3.05, 3.63) is 36.0 Å². The SMILES string of the molecule is CC.CC1CN(C)CCN1CCC(=O)O.Cc1cccc2ccn(CC(=O)O)c12. The summed E-state index contributed by atoms with van der Waals surface area (Å²) in [5, 5.41) is 18.3. The van der Waals surface area contributed by atoms with E-state index in [0.29, 0.717) is 12.6 Å². The molecule has 1 unspecified atom stereocenters. The Morgan fingerprint density at radius 3 is 2.38 bits per heavy atom. The third kappa shape index (κ3) is 7.87. The smallest absolute Gasteiger partial charge is 0.323 e. The lowest BCUT2D eigenvalue weighted by Crippen LogP contribution is -2.50.